The fraction of sp³-hybridized carbons (Fsp3) is 0.312. The van der Waals surface area contributed by atoms with Crippen LogP contribution in [-0.4, -0.2) is 16.5 Å². The molecule has 0 fully saturated rings. The van der Waals surface area contributed by atoms with Crippen molar-refractivity contribution < 1.29 is 13.2 Å². The zero-order chi connectivity index (χ0) is 16.6. The summed E-state index contributed by atoms with van der Waals surface area (Å²) in [5.74, 6) is 0.695. The molecule has 0 saturated heterocycles. The Morgan fingerprint density at radius 3 is 2.65 bits per heavy atom. The van der Waals surface area contributed by atoms with Crippen LogP contribution in [0.25, 0.3) is 4.85 Å². The van der Waals surface area contributed by atoms with Crippen LogP contribution in [0.2, 0.25) is 0 Å². The fourth-order valence-electron chi connectivity index (χ4n) is 2.71. The third-order valence-corrected chi connectivity index (χ3v) is 3.83. The molecule has 23 heavy (non-hydrogen) atoms. The normalized spacial score (nSPS) is 14.3. The van der Waals surface area contributed by atoms with E-state index in [0.29, 0.717) is 42.3 Å². The van der Waals surface area contributed by atoms with Crippen LogP contribution in [0, 0.1) is 13.5 Å². The van der Waals surface area contributed by atoms with Gasteiger partial charge in [0.15, 0.2) is 0 Å². The standard InChI is InChI=1S/C16H13F3N4/c1-10-5-13(20-2)8-22-15(10)23-4-3-14-11(9-23)6-12(7-21-14)16(17,18)19/h5-8H,3-4,9H2,1H3. The van der Waals surface area contributed by atoms with Crippen molar-refractivity contribution in [2.75, 3.05) is 11.4 Å². The van der Waals surface area contributed by atoms with Gasteiger partial charge in [-0.05, 0) is 30.2 Å². The molecular weight excluding hydrogens is 305 g/mol. The van der Waals surface area contributed by atoms with Crippen molar-refractivity contribution in [1.82, 2.24) is 9.97 Å². The van der Waals surface area contributed by atoms with Crippen LogP contribution in [-0.2, 0) is 19.1 Å². The van der Waals surface area contributed by atoms with Crippen LogP contribution in [0.1, 0.15) is 22.4 Å². The van der Waals surface area contributed by atoms with Crippen molar-refractivity contribution in [3.05, 3.63) is 58.3 Å². The number of fused-ring (bicyclic) bond motifs is 1. The van der Waals surface area contributed by atoms with E-state index < -0.39 is 11.7 Å². The zero-order valence-corrected chi connectivity index (χ0v) is 12.4. The molecule has 0 spiro atoms. The lowest BCUT2D eigenvalue weighted by atomic mass is 10.0. The molecule has 1 aliphatic heterocycles. The topological polar surface area (TPSA) is 33.4 Å². The molecule has 0 unspecified atom stereocenters. The smallest absolute Gasteiger partial charge is 0.352 e. The van der Waals surface area contributed by atoms with E-state index in [2.05, 4.69) is 14.8 Å². The number of pyridine rings is 2. The second kappa shape index (κ2) is 5.54. The predicted molar refractivity (Wildman–Crippen MR) is 79.2 cm³/mol. The number of alkyl halides is 3. The number of anilines is 1. The summed E-state index contributed by atoms with van der Waals surface area (Å²) in [6.07, 6.45) is -1.45. The molecule has 1 aliphatic rings. The number of rotatable bonds is 1. The van der Waals surface area contributed by atoms with Crippen LogP contribution in [0.5, 0.6) is 0 Å². The molecule has 3 rings (SSSR count). The molecular formula is C16H13F3N4. The number of halogens is 3. The van der Waals surface area contributed by atoms with Crippen molar-refractivity contribution in [1.29, 1.82) is 0 Å². The van der Waals surface area contributed by atoms with Crippen molar-refractivity contribution in [2.24, 2.45) is 0 Å². The van der Waals surface area contributed by atoms with Gasteiger partial charge in [0.2, 0.25) is 5.69 Å². The van der Waals surface area contributed by atoms with E-state index in [9.17, 15) is 13.2 Å². The van der Waals surface area contributed by atoms with Gasteiger partial charge in [-0.15, -0.1) is 0 Å². The summed E-state index contributed by atoms with van der Waals surface area (Å²) < 4.78 is 38.5. The van der Waals surface area contributed by atoms with Crippen molar-refractivity contribution in [2.45, 2.75) is 26.1 Å². The number of hydrogen-bond donors (Lipinski definition) is 0. The maximum Gasteiger partial charge on any atom is 0.417 e. The number of hydrogen-bond acceptors (Lipinski definition) is 3. The number of nitrogens with zero attached hydrogens (tertiary/aromatic N) is 4. The van der Waals surface area contributed by atoms with Gasteiger partial charge in [-0.25, -0.2) is 4.85 Å². The second-order valence-corrected chi connectivity index (χ2v) is 5.44. The highest BCUT2D eigenvalue weighted by Gasteiger charge is 2.32. The summed E-state index contributed by atoms with van der Waals surface area (Å²) in [7, 11) is 0. The van der Waals surface area contributed by atoms with Gasteiger partial charge in [0.1, 0.15) is 5.82 Å². The summed E-state index contributed by atoms with van der Waals surface area (Å²) in [5, 5.41) is 0. The monoisotopic (exact) mass is 318 g/mol. The second-order valence-electron chi connectivity index (χ2n) is 5.44. The highest BCUT2D eigenvalue weighted by Crippen LogP contribution is 2.32. The van der Waals surface area contributed by atoms with E-state index in [0.717, 1.165) is 17.8 Å². The SMILES string of the molecule is [C-]#[N+]c1cnc(N2CCc3ncc(C(F)(F)F)cc3C2)c(C)c1. The molecule has 0 atom stereocenters. The number of aryl methyl sites for hydroxylation is 1. The lowest BCUT2D eigenvalue weighted by Crippen LogP contribution is -2.32. The minimum Gasteiger partial charge on any atom is -0.352 e. The maximum absolute atomic E-state index is 12.8. The van der Waals surface area contributed by atoms with E-state index in [1.165, 1.54) is 6.20 Å². The first-order chi connectivity index (χ1) is 10.9. The first kappa shape index (κ1) is 15.3. The third-order valence-electron chi connectivity index (χ3n) is 3.83. The Balaban J connectivity index is 1.92. The van der Waals surface area contributed by atoms with Crippen molar-refractivity contribution in [3.63, 3.8) is 0 Å². The van der Waals surface area contributed by atoms with Gasteiger partial charge < -0.3 is 4.90 Å². The Morgan fingerprint density at radius 1 is 1.22 bits per heavy atom. The van der Waals surface area contributed by atoms with Gasteiger partial charge in [0, 0.05) is 37.6 Å². The molecule has 0 amide bonds. The molecule has 2 aromatic rings. The quantitative estimate of drug-likeness (QED) is 0.747. The zero-order valence-electron chi connectivity index (χ0n) is 12.4. The van der Waals surface area contributed by atoms with Gasteiger partial charge in [-0.2, -0.15) is 13.2 Å². The van der Waals surface area contributed by atoms with Crippen LogP contribution in [0.3, 0.4) is 0 Å². The van der Waals surface area contributed by atoms with Gasteiger partial charge in [0.05, 0.1) is 12.1 Å². The molecule has 0 radical (unpaired) electrons. The summed E-state index contributed by atoms with van der Waals surface area (Å²) >= 11 is 0. The van der Waals surface area contributed by atoms with E-state index >= 15 is 0 Å². The highest BCUT2D eigenvalue weighted by molar-refractivity contribution is 5.56. The molecule has 0 bridgehead atoms. The van der Waals surface area contributed by atoms with Crippen LogP contribution in [0.15, 0.2) is 24.5 Å². The fourth-order valence-corrected chi connectivity index (χ4v) is 2.71. The summed E-state index contributed by atoms with van der Waals surface area (Å²) in [6, 6.07) is 2.90. The molecule has 0 saturated carbocycles. The molecule has 2 aromatic heterocycles. The lowest BCUT2D eigenvalue weighted by Gasteiger charge is -2.30. The largest absolute Gasteiger partial charge is 0.417 e. The van der Waals surface area contributed by atoms with Crippen molar-refractivity contribution >= 4 is 11.5 Å². The van der Waals surface area contributed by atoms with E-state index in [4.69, 9.17) is 6.57 Å². The minimum absolute atomic E-state index is 0.331. The Kier molecular flexibility index (Phi) is 3.68. The van der Waals surface area contributed by atoms with Gasteiger partial charge >= 0.3 is 6.18 Å². The number of aromatic nitrogens is 2. The lowest BCUT2D eigenvalue weighted by molar-refractivity contribution is -0.137. The van der Waals surface area contributed by atoms with Crippen molar-refractivity contribution in [3.8, 4) is 0 Å². The van der Waals surface area contributed by atoms with Crippen LogP contribution >= 0.6 is 0 Å². The summed E-state index contributed by atoms with van der Waals surface area (Å²) in [4.78, 5) is 13.5. The van der Waals surface area contributed by atoms with E-state index in [1.54, 1.807) is 6.07 Å². The van der Waals surface area contributed by atoms with Crippen LogP contribution in [0.4, 0.5) is 24.7 Å². The molecule has 4 nitrogen and oxygen atoms in total. The Hall–Kier alpha value is -2.62. The summed E-state index contributed by atoms with van der Waals surface area (Å²) in [5.41, 5.74) is 1.82. The maximum atomic E-state index is 12.8. The molecule has 0 N–H and O–H groups in total. The van der Waals surface area contributed by atoms with Crippen LogP contribution < -0.4 is 4.90 Å². The molecule has 0 aliphatic carbocycles. The summed E-state index contributed by atoms with van der Waals surface area (Å²) in [6.45, 7) is 9.80. The Morgan fingerprint density at radius 2 is 2.00 bits per heavy atom. The Labute approximate surface area is 131 Å². The molecule has 0 aromatic carbocycles. The molecule has 3 heterocycles. The minimum atomic E-state index is -4.39. The average Bonchev–Trinajstić information content (AvgIpc) is 2.52. The predicted octanol–water partition coefficient (Wildman–Crippen LogP) is 3.92. The first-order valence-electron chi connectivity index (χ1n) is 7.02. The highest BCUT2D eigenvalue weighted by atomic mass is 19.4. The molecule has 7 heteroatoms. The first-order valence-corrected chi connectivity index (χ1v) is 7.02. The van der Waals surface area contributed by atoms with Gasteiger partial charge in [-0.3, -0.25) is 9.97 Å². The average molecular weight is 318 g/mol. The Bertz CT molecular complexity index is 793. The molecule has 118 valence electrons. The third kappa shape index (κ3) is 2.97. The van der Waals surface area contributed by atoms with E-state index in [1.807, 2.05) is 11.8 Å². The van der Waals surface area contributed by atoms with Gasteiger partial charge in [0.25, 0.3) is 0 Å². The van der Waals surface area contributed by atoms with Gasteiger partial charge in [-0.1, -0.05) is 0 Å². The van der Waals surface area contributed by atoms with E-state index in [-0.39, 0.29) is 0 Å².